The topological polar surface area (TPSA) is 49.6 Å². The molecule has 1 heterocycles. The molecule has 1 aromatic carbocycles. The third-order valence-corrected chi connectivity index (χ3v) is 3.92. The van der Waals surface area contributed by atoms with Crippen molar-refractivity contribution in [3.05, 3.63) is 29.8 Å². The molecule has 1 aliphatic rings. The van der Waals surface area contributed by atoms with Crippen LogP contribution in [0.2, 0.25) is 0 Å². The first-order valence-electron chi connectivity index (χ1n) is 7.39. The summed E-state index contributed by atoms with van der Waals surface area (Å²) in [6.45, 7) is 8.15. The fourth-order valence-corrected chi connectivity index (χ4v) is 2.55. The summed E-state index contributed by atoms with van der Waals surface area (Å²) in [5.74, 6) is 0.518. The van der Waals surface area contributed by atoms with Crippen LogP contribution < -0.4 is 10.6 Å². The molecule has 0 bridgehead atoms. The zero-order valence-corrected chi connectivity index (χ0v) is 12.5. The molecule has 1 aromatic rings. The highest BCUT2D eigenvalue weighted by molar-refractivity contribution is 5.76. The van der Waals surface area contributed by atoms with Crippen molar-refractivity contribution in [1.82, 2.24) is 4.90 Å². The highest BCUT2D eigenvalue weighted by atomic mass is 16.2. The molecule has 1 unspecified atom stereocenters. The Hall–Kier alpha value is -1.55. The summed E-state index contributed by atoms with van der Waals surface area (Å²) in [5.41, 5.74) is 8.12. The average Bonchev–Trinajstić information content (AvgIpc) is 2.47. The van der Waals surface area contributed by atoms with Gasteiger partial charge in [-0.15, -0.1) is 0 Å². The number of benzene rings is 1. The molecule has 2 rings (SSSR count). The number of anilines is 1. The average molecular weight is 275 g/mol. The van der Waals surface area contributed by atoms with E-state index in [-0.39, 0.29) is 11.8 Å². The number of nitrogens with zero attached hydrogens (tertiary/aromatic N) is 2. The minimum absolute atomic E-state index is 0.242. The van der Waals surface area contributed by atoms with Gasteiger partial charge in [0.1, 0.15) is 0 Å². The first-order valence-corrected chi connectivity index (χ1v) is 7.39. The van der Waals surface area contributed by atoms with E-state index in [1.165, 1.54) is 11.3 Å². The Morgan fingerprint density at radius 1 is 1.30 bits per heavy atom. The Morgan fingerprint density at radius 3 is 2.60 bits per heavy atom. The van der Waals surface area contributed by atoms with Crippen LogP contribution in [0, 0.1) is 12.8 Å². The van der Waals surface area contributed by atoms with Crippen molar-refractivity contribution < 1.29 is 4.79 Å². The molecule has 2 N–H and O–H groups in total. The van der Waals surface area contributed by atoms with Gasteiger partial charge in [-0.05, 0) is 37.1 Å². The lowest BCUT2D eigenvalue weighted by atomic mass is 10.1. The number of rotatable bonds is 4. The van der Waals surface area contributed by atoms with Gasteiger partial charge < -0.3 is 15.5 Å². The first kappa shape index (κ1) is 14.9. The maximum atomic E-state index is 12.1. The maximum Gasteiger partial charge on any atom is 0.223 e. The van der Waals surface area contributed by atoms with Crippen LogP contribution in [0.15, 0.2) is 24.3 Å². The standard InChI is InChI=1S/C16H25N3O/c1-13-4-3-5-15(10-13)18-6-8-19(9-7-18)16(20)11-14(2)12-17/h3-5,10,14H,6-9,11-12,17H2,1-2H3. The van der Waals surface area contributed by atoms with Crippen molar-refractivity contribution >= 4 is 11.6 Å². The summed E-state index contributed by atoms with van der Waals surface area (Å²) in [5, 5.41) is 0. The van der Waals surface area contributed by atoms with Gasteiger partial charge >= 0.3 is 0 Å². The number of carbonyl (C=O) groups excluding carboxylic acids is 1. The summed E-state index contributed by atoms with van der Waals surface area (Å²) in [7, 11) is 0. The normalized spacial score (nSPS) is 17.1. The monoisotopic (exact) mass is 275 g/mol. The van der Waals surface area contributed by atoms with Gasteiger partial charge in [0.2, 0.25) is 5.91 Å². The van der Waals surface area contributed by atoms with Crippen LogP contribution in [0.4, 0.5) is 5.69 Å². The minimum atomic E-state index is 0.242. The van der Waals surface area contributed by atoms with Crippen LogP contribution in [0.1, 0.15) is 18.9 Å². The predicted molar refractivity (Wildman–Crippen MR) is 82.8 cm³/mol. The van der Waals surface area contributed by atoms with Crippen LogP contribution in [-0.4, -0.2) is 43.5 Å². The summed E-state index contributed by atoms with van der Waals surface area (Å²) < 4.78 is 0. The van der Waals surface area contributed by atoms with Crippen molar-refractivity contribution in [2.75, 3.05) is 37.6 Å². The van der Waals surface area contributed by atoms with E-state index >= 15 is 0 Å². The van der Waals surface area contributed by atoms with Crippen molar-refractivity contribution in [3.63, 3.8) is 0 Å². The molecular formula is C16H25N3O. The van der Waals surface area contributed by atoms with E-state index in [4.69, 9.17) is 5.73 Å². The second-order valence-corrected chi connectivity index (χ2v) is 5.75. The molecular weight excluding hydrogens is 250 g/mol. The first-order chi connectivity index (χ1) is 9.60. The quantitative estimate of drug-likeness (QED) is 0.908. The summed E-state index contributed by atoms with van der Waals surface area (Å²) in [4.78, 5) is 16.4. The number of hydrogen-bond donors (Lipinski definition) is 1. The fraction of sp³-hybridized carbons (Fsp3) is 0.562. The van der Waals surface area contributed by atoms with Crippen molar-refractivity contribution in [2.45, 2.75) is 20.3 Å². The summed E-state index contributed by atoms with van der Waals surface area (Å²) in [6, 6.07) is 8.54. The molecule has 1 aliphatic heterocycles. The lowest BCUT2D eigenvalue weighted by Crippen LogP contribution is -2.49. The third-order valence-electron chi connectivity index (χ3n) is 3.92. The van der Waals surface area contributed by atoms with Gasteiger partial charge in [0, 0.05) is 38.3 Å². The SMILES string of the molecule is Cc1cccc(N2CCN(C(=O)CC(C)CN)CC2)c1. The Morgan fingerprint density at radius 2 is 2.00 bits per heavy atom. The molecule has 0 aliphatic carbocycles. The van der Waals surface area contributed by atoms with E-state index in [2.05, 4.69) is 36.1 Å². The fourth-order valence-electron chi connectivity index (χ4n) is 2.55. The van der Waals surface area contributed by atoms with Crippen LogP contribution in [0.3, 0.4) is 0 Å². The van der Waals surface area contributed by atoms with Gasteiger partial charge in [-0.2, -0.15) is 0 Å². The van der Waals surface area contributed by atoms with Crippen LogP contribution in [-0.2, 0) is 4.79 Å². The van der Waals surface area contributed by atoms with E-state index in [1.54, 1.807) is 0 Å². The van der Waals surface area contributed by atoms with E-state index in [0.717, 1.165) is 26.2 Å². The molecule has 0 aromatic heterocycles. The lowest BCUT2D eigenvalue weighted by molar-refractivity contribution is -0.132. The van der Waals surface area contributed by atoms with Gasteiger partial charge in [-0.1, -0.05) is 19.1 Å². The second kappa shape index (κ2) is 6.75. The largest absolute Gasteiger partial charge is 0.368 e. The Balaban J connectivity index is 1.87. The lowest BCUT2D eigenvalue weighted by Gasteiger charge is -2.36. The van der Waals surface area contributed by atoms with Crippen LogP contribution in [0.5, 0.6) is 0 Å². The van der Waals surface area contributed by atoms with E-state index in [0.29, 0.717) is 13.0 Å². The number of carbonyl (C=O) groups is 1. The zero-order valence-electron chi connectivity index (χ0n) is 12.5. The number of hydrogen-bond acceptors (Lipinski definition) is 3. The Labute approximate surface area is 121 Å². The van der Waals surface area contributed by atoms with Gasteiger partial charge in [0.15, 0.2) is 0 Å². The number of aryl methyl sites for hydroxylation is 1. The smallest absolute Gasteiger partial charge is 0.223 e. The van der Waals surface area contributed by atoms with Crippen LogP contribution >= 0.6 is 0 Å². The molecule has 20 heavy (non-hydrogen) atoms. The van der Waals surface area contributed by atoms with Crippen LogP contribution in [0.25, 0.3) is 0 Å². The zero-order chi connectivity index (χ0) is 14.5. The molecule has 1 fully saturated rings. The number of nitrogens with two attached hydrogens (primary N) is 1. The van der Waals surface area contributed by atoms with Crippen molar-refractivity contribution in [3.8, 4) is 0 Å². The number of amides is 1. The van der Waals surface area contributed by atoms with Gasteiger partial charge in [0.25, 0.3) is 0 Å². The third kappa shape index (κ3) is 3.73. The Bertz CT molecular complexity index is 453. The predicted octanol–water partition coefficient (Wildman–Crippen LogP) is 1.63. The molecule has 1 saturated heterocycles. The highest BCUT2D eigenvalue weighted by Gasteiger charge is 2.22. The second-order valence-electron chi connectivity index (χ2n) is 5.75. The van der Waals surface area contributed by atoms with Gasteiger partial charge in [0.05, 0.1) is 0 Å². The molecule has 1 atom stereocenters. The van der Waals surface area contributed by atoms with E-state index in [1.807, 2.05) is 11.8 Å². The molecule has 0 saturated carbocycles. The van der Waals surface area contributed by atoms with Crippen molar-refractivity contribution in [2.24, 2.45) is 11.7 Å². The molecule has 1 amide bonds. The minimum Gasteiger partial charge on any atom is -0.368 e. The van der Waals surface area contributed by atoms with E-state index < -0.39 is 0 Å². The summed E-state index contributed by atoms with van der Waals surface area (Å²) >= 11 is 0. The molecule has 4 heteroatoms. The van der Waals surface area contributed by atoms with Gasteiger partial charge in [-0.25, -0.2) is 0 Å². The number of piperazine rings is 1. The highest BCUT2D eigenvalue weighted by Crippen LogP contribution is 2.18. The molecule has 110 valence electrons. The molecule has 4 nitrogen and oxygen atoms in total. The maximum absolute atomic E-state index is 12.1. The molecule has 0 radical (unpaired) electrons. The summed E-state index contributed by atoms with van der Waals surface area (Å²) in [6.07, 6.45) is 0.570. The Kier molecular flexibility index (Phi) is 5.01. The molecule has 0 spiro atoms. The van der Waals surface area contributed by atoms with Gasteiger partial charge in [-0.3, -0.25) is 4.79 Å². The van der Waals surface area contributed by atoms with E-state index in [9.17, 15) is 4.79 Å². The van der Waals surface area contributed by atoms with Crippen molar-refractivity contribution in [1.29, 1.82) is 0 Å².